The number of nitrogens with two attached hydrogens (primary N) is 1. The standard InChI is InChI=1S/C20H14F2N4O2/c1-27-11-7-5-10(6-8-11)18-17-15(16-13(21)3-2-4-14(16)22)12(9-23)19(24)28-20(17)26-25-18/h2-8,15H,24H2,1H3,(H,25,26)/t15-/m1/s1. The molecule has 4 rings (SSSR count). The van der Waals surface area contributed by atoms with E-state index in [0.29, 0.717) is 22.6 Å². The van der Waals surface area contributed by atoms with Gasteiger partial charge in [0.1, 0.15) is 29.0 Å². The SMILES string of the molecule is COc1ccc(-c2[nH]nc3c2[C@@H](c2c(F)cccc2F)C(C#N)=C(N)O3)cc1. The van der Waals surface area contributed by atoms with Gasteiger partial charge >= 0.3 is 0 Å². The van der Waals surface area contributed by atoms with Crippen LogP contribution in [0.3, 0.4) is 0 Å². The van der Waals surface area contributed by atoms with Crippen molar-refractivity contribution in [3.63, 3.8) is 0 Å². The van der Waals surface area contributed by atoms with Crippen LogP contribution in [0.1, 0.15) is 17.0 Å². The number of nitrogens with zero attached hydrogens (tertiary/aromatic N) is 2. The van der Waals surface area contributed by atoms with E-state index in [1.54, 1.807) is 31.4 Å². The van der Waals surface area contributed by atoms with Crippen molar-refractivity contribution in [2.75, 3.05) is 7.11 Å². The van der Waals surface area contributed by atoms with Crippen molar-refractivity contribution >= 4 is 0 Å². The van der Waals surface area contributed by atoms with E-state index in [1.807, 2.05) is 6.07 Å². The molecule has 140 valence electrons. The van der Waals surface area contributed by atoms with Gasteiger partial charge in [0.25, 0.3) is 0 Å². The summed E-state index contributed by atoms with van der Waals surface area (Å²) in [6.07, 6.45) is 0. The number of rotatable bonds is 3. The summed E-state index contributed by atoms with van der Waals surface area (Å²) in [4.78, 5) is 0. The van der Waals surface area contributed by atoms with Gasteiger partial charge in [-0.15, -0.1) is 5.10 Å². The Morgan fingerprint density at radius 3 is 2.43 bits per heavy atom. The first kappa shape index (κ1) is 17.5. The summed E-state index contributed by atoms with van der Waals surface area (Å²) in [5.41, 5.74) is 6.93. The quantitative estimate of drug-likeness (QED) is 0.724. The lowest BCUT2D eigenvalue weighted by Gasteiger charge is -2.24. The highest BCUT2D eigenvalue weighted by Crippen LogP contribution is 2.46. The molecule has 0 saturated heterocycles. The molecule has 1 aliphatic heterocycles. The lowest BCUT2D eigenvalue weighted by Crippen LogP contribution is -2.22. The molecule has 3 N–H and O–H groups in total. The number of ether oxygens (including phenoxy) is 2. The molecule has 0 fully saturated rings. The molecule has 8 heteroatoms. The first-order valence-corrected chi connectivity index (χ1v) is 8.29. The fraction of sp³-hybridized carbons (Fsp3) is 0.100. The zero-order chi connectivity index (χ0) is 19.8. The highest BCUT2D eigenvalue weighted by atomic mass is 19.1. The van der Waals surface area contributed by atoms with Gasteiger partial charge < -0.3 is 15.2 Å². The summed E-state index contributed by atoms with van der Waals surface area (Å²) in [5, 5.41) is 16.5. The highest BCUT2D eigenvalue weighted by Gasteiger charge is 2.38. The van der Waals surface area contributed by atoms with Gasteiger partial charge in [0.05, 0.1) is 24.3 Å². The van der Waals surface area contributed by atoms with Gasteiger partial charge in [-0.05, 0) is 36.4 Å². The summed E-state index contributed by atoms with van der Waals surface area (Å²) in [6.45, 7) is 0. The van der Waals surface area contributed by atoms with Gasteiger partial charge in [-0.3, -0.25) is 5.10 Å². The number of aromatic nitrogens is 2. The Hall–Kier alpha value is -3.86. The third-order valence-electron chi connectivity index (χ3n) is 4.61. The van der Waals surface area contributed by atoms with Crippen molar-refractivity contribution in [1.29, 1.82) is 5.26 Å². The Morgan fingerprint density at radius 1 is 1.14 bits per heavy atom. The number of hydrogen-bond acceptors (Lipinski definition) is 5. The second-order valence-electron chi connectivity index (χ2n) is 6.11. The fourth-order valence-corrected chi connectivity index (χ4v) is 3.30. The van der Waals surface area contributed by atoms with Crippen molar-refractivity contribution in [2.24, 2.45) is 5.73 Å². The number of H-pyrrole nitrogens is 1. The minimum atomic E-state index is -1.11. The van der Waals surface area contributed by atoms with Gasteiger partial charge in [-0.2, -0.15) is 5.26 Å². The molecule has 0 radical (unpaired) electrons. The van der Waals surface area contributed by atoms with Gasteiger partial charge in [-0.1, -0.05) is 6.07 Å². The summed E-state index contributed by atoms with van der Waals surface area (Å²) in [5.74, 6) is -2.22. The number of fused-ring (bicyclic) bond motifs is 1. The van der Waals surface area contributed by atoms with Crippen molar-refractivity contribution < 1.29 is 18.3 Å². The maximum atomic E-state index is 14.6. The number of methoxy groups -OCH3 is 1. The third-order valence-corrected chi connectivity index (χ3v) is 4.61. The molecule has 2 aromatic carbocycles. The Morgan fingerprint density at radius 2 is 1.82 bits per heavy atom. The average molecular weight is 380 g/mol. The highest BCUT2D eigenvalue weighted by molar-refractivity contribution is 5.71. The number of aromatic amines is 1. The van der Waals surface area contributed by atoms with Crippen LogP contribution in [0.2, 0.25) is 0 Å². The number of nitriles is 1. The first-order chi connectivity index (χ1) is 13.5. The van der Waals surface area contributed by atoms with Crippen LogP contribution in [0.25, 0.3) is 11.3 Å². The molecule has 0 saturated carbocycles. The van der Waals surface area contributed by atoms with Crippen LogP contribution in [0.15, 0.2) is 53.9 Å². The van der Waals surface area contributed by atoms with E-state index in [0.717, 1.165) is 12.1 Å². The van der Waals surface area contributed by atoms with Crippen LogP contribution < -0.4 is 15.2 Å². The lowest BCUT2D eigenvalue weighted by atomic mass is 9.82. The first-order valence-electron chi connectivity index (χ1n) is 8.29. The Bertz CT molecular complexity index is 1110. The second-order valence-corrected chi connectivity index (χ2v) is 6.11. The minimum Gasteiger partial charge on any atom is -0.497 e. The minimum absolute atomic E-state index is 0.0648. The third kappa shape index (κ3) is 2.65. The van der Waals surface area contributed by atoms with E-state index in [9.17, 15) is 14.0 Å². The second kappa shape index (κ2) is 6.70. The lowest BCUT2D eigenvalue weighted by molar-refractivity contribution is 0.376. The number of hydrogen-bond donors (Lipinski definition) is 2. The molecule has 28 heavy (non-hydrogen) atoms. The molecule has 0 amide bonds. The van der Waals surface area contributed by atoms with Gasteiger partial charge in [0, 0.05) is 11.1 Å². The zero-order valence-electron chi connectivity index (χ0n) is 14.7. The smallest absolute Gasteiger partial charge is 0.244 e. The topological polar surface area (TPSA) is 97.0 Å². The molecule has 0 aliphatic carbocycles. The fourth-order valence-electron chi connectivity index (χ4n) is 3.30. The molecule has 3 aromatic rings. The molecular formula is C20H14F2N4O2. The molecule has 1 aromatic heterocycles. The maximum Gasteiger partial charge on any atom is 0.244 e. The Labute approximate surface area is 158 Å². The van der Waals surface area contributed by atoms with Gasteiger partial charge in [0.15, 0.2) is 0 Å². The zero-order valence-corrected chi connectivity index (χ0v) is 14.7. The summed E-state index contributed by atoms with van der Waals surface area (Å²) in [6, 6.07) is 12.4. The molecule has 2 heterocycles. The van der Waals surface area contributed by atoms with E-state index in [4.69, 9.17) is 15.2 Å². The van der Waals surface area contributed by atoms with E-state index >= 15 is 0 Å². The van der Waals surface area contributed by atoms with E-state index in [1.165, 1.54) is 6.07 Å². The molecule has 6 nitrogen and oxygen atoms in total. The van der Waals surface area contributed by atoms with Crippen LogP contribution in [0.5, 0.6) is 11.6 Å². The Balaban J connectivity index is 1.97. The molecule has 1 atom stereocenters. The van der Waals surface area contributed by atoms with Crippen LogP contribution in [-0.4, -0.2) is 17.3 Å². The van der Waals surface area contributed by atoms with Crippen molar-refractivity contribution in [3.8, 4) is 29.0 Å². The van der Waals surface area contributed by atoms with Crippen LogP contribution >= 0.6 is 0 Å². The normalized spacial score (nSPS) is 15.6. The monoisotopic (exact) mass is 380 g/mol. The largest absolute Gasteiger partial charge is 0.497 e. The van der Waals surface area contributed by atoms with E-state index < -0.39 is 17.6 Å². The van der Waals surface area contributed by atoms with E-state index in [2.05, 4.69) is 10.2 Å². The number of allylic oxidation sites excluding steroid dienone is 1. The predicted molar refractivity (Wildman–Crippen MR) is 96.2 cm³/mol. The molecule has 0 spiro atoms. The van der Waals surface area contributed by atoms with Crippen LogP contribution in [-0.2, 0) is 0 Å². The molecule has 1 aliphatic rings. The summed E-state index contributed by atoms with van der Waals surface area (Å²) in [7, 11) is 1.55. The number of benzene rings is 2. The predicted octanol–water partition coefficient (Wildman–Crippen LogP) is 3.58. The molecular weight excluding hydrogens is 366 g/mol. The molecule has 0 unspecified atom stereocenters. The number of nitrogens with one attached hydrogen (secondary N) is 1. The van der Waals surface area contributed by atoms with Gasteiger partial charge in [-0.25, -0.2) is 8.78 Å². The van der Waals surface area contributed by atoms with Crippen molar-refractivity contribution in [3.05, 3.63) is 76.7 Å². The van der Waals surface area contributed by atoms with E-state index in [-0.39, 0.29) is 22.9 Å². The van der Waals surface area contributed by atoms with Crippen molar-refractivity contribution in [1.82, 2.24) is 10.2 Å². The Kier molecular flexibility index (Phi) is 4.20. The maximum absolute atomic E-state index is 14.6. The van der Waals surface area contributed by atoms with Gasteiger partial charge in [0.2, 0.25) is 11.8 Å². The van der Waals surface area contributed by atoms with Crippen molar-refractivity contribution in [2.45, 2.75) is 5.92 Å². The summed E-state index contributed by atoms with van der Waals surface area (Å²) >= 11 is 0. The van der Waals surface area contributed by atoms with Crippen LogP contribution in [0, 0.1) is 23.0 Å². The molecule has 0 bridgehead atoms. The average Bonchev–Trinajstić information content (AvgIpc) is 3.11. The summed E-state index contributed by atoms with van der Waals surface area (Å²) < 4.78 is 39.8. The number of halogens is 2. The van der Waals surface area contributed by atoms with Crippen LogP contribution in [0.4, 0.5) is 8.78 Å².